The fourth-order valence-electron chi connectivity index (χ4n) is 3.43. The third-order valence-corrected chi connectivity index (χ3v) is 7.39. The Kier molecular flexibility index (Phi) is 7.26. The Morgan fingerprint density at radius 3 is 2.44 bits per heavy atom. The first-order chi connectivity index (χ1) is 15.5. The minimum atomic E-state index is -0.152. The molecule has 0 spiro atoms. The summed E-state index contributed by atoms with van der Waals surface area (Å²) in [6.07, 6.45) is 2.44. The predicted molar refractivity (Wildman–Crippen MR) is 125 cm³/mol. The third-order valence-electron chi connectivity index (χ3n) is 5.35. The van der Waals surface area contributed by atoms with Crippen LogP contribution in [0.4, 0.5) is 15.6 Å². The summed E-state index contributed by atoms with van der Waals surface area (Å²) in [4.78, 5) is 42.5. The van der Waals surface area contributed by atoms with Gasteiger partial charge in [-0.25, -0.2) is 4.79 Å². The molecule has 1 saturated heterocycles. The van der Waals surface area contributed by atoms with Crippen molar-refractivity contribution in [2.45, 2.75) is 36.6 Å². The number of carbonyl (C=O) groups is 3. The summed E-state index contributed by atoms with van der Waals surface area (Å²) in [6.45, 7) is 3.84. The van der Waals surface area contributed by atoms with Crippen molar-refractivity contribution in [2.24, 2.45) is 0 Å². The smallest absolute Gasteiger partial charge is 0.321 e. The highest BCUT2D eigenvalue weighted by molar-refractivity contribution is 8.01. The summed E-state index contributed by atoms with van der Waals surface area (Å²) in [5.74, 6) is 0.333. The van der Waals surface area contributed by atoms with Crippen LogP contribution in [0.1, 0.15) is 26.2 Å². The highest BCUT2D eigenvalue weighted by atomic mass is 32.2. The van der Waals surface area contributed by atoms with E-state index in [1.807, 2.05) is 37.3 Å². The number of hydrogen-bond acceptors (Lipinski definition) is 7. The number of piperazine rings is 1. The van der Waals surface area contributed by atoms with Gasteiger partial charge in [0.2, 0.25) is 16.9 Å². The first kappa shape index (κ1) is 22.5. The van der Waals surface area contributed by atoms with Gasteiger partial charge in [0.25, 0.3) is 0 Å². The van der Waals surface area contributed by atoms with E-state index in [0.29, 0.717) is 42.1 Å². The van der Waals surface area contributed by atoms with E-state index < -0.39 is 0 Å². The molecule has 32 heavy (non-hydrogen) atoms. The number of benzene rings is 1. The Morgan fingerprint density at radius 1 is 1.09 bits per heavy atom. The highest BCUT2D eigenvalue weighted by Crippen LogP contribution is 2.36. The molecule has 2 aromatic rings. The number of rotatable bonds is 7. The first-order valence-electron chi connectivity index (χ1n) is 10.7. The maximum absolute atomic E-state index is 12.6. The number of anilines is 2. The van der Waals surface area contributed by atoms with Gasteiger partial charge in [0.1, 0.15) is 0 Å². The average molecular weight is 475 g/mol. The van der Waals surface area contributed by atoms with Crippen LogP contribution in [0.25, 0.3) is 0 Å². The molecule has 0 bridgehead atoms. The summed E-state index contributed by atoms with van der Waals surface area (Å²) in [7, 11) is 0. The minimum absolute atomic E-state index is 0.0125. The van der Waals surface area contributed by atoms with Crippen LogP contribution in [0, 0.1) is 0 Å². The fourth-order valence-corrected chi connectivity index (χ4v) is 5.26. The topological polar surface area (TPSA) is 98.7 Å². The number of thioether (sulfide) groups is 1. The standard InChI is InChI=1S/C21H26N6O3S2/c1-2-17(28)27(16-8-9-16)20-23-24-21(32-20)31-14-18(29)25-10-12-26(13-11-25)19(30)22-15-6-4-3-5-7-15/h3-7,16H,2,8-14H2,1H3,(H,22,30). The largest absolute Gasteiger partial charge is 0.338 e. The maximum Gasteiger partial charge on any atom is 0.321 e. The molecular weight excluding hydrogens is 448 g/mol. The van der Waals surface area contributed by atoms with Gasteiger partial charge in [0.15, 0.2) is 4.34 Å². The second-order valence-corrected chi connectivity index (χ2v) is 9.83. The van der Waals surface area contributed by atoms with Crippen molar-refractivity contribution in [3.8, 4) is 0 Å². The van der Waals surface area contributed by atoms with Crippen molar-refractivity contribution in [3.05, 3.63) is 30.3 Å². The summed E-state index contributed by atoms with van der Waals surface area (Å²) in [6, 6.07) is 9.41. The molecule has 1 aliphatic carbocycles. The van der Waals surface area contributed by atoms with Gasteiger partial charge >= 0.3 is 6.03 Å². The number of aromatic nitrogens is 2. The van der Waals surface area contributed by atoms with Crippen molar-refractivity contribution in [1.82, 2.24) is 20.0 Å². The quantitative estimate of drug-likeness (QED) is 0.489. The number of nitrogens with one attached hydrogen (secondary N) is 1. The zero-order chi connectivity index (χ0) is 22.5. The van der Waals surface area contributed by atoms with E-state index in [-0.39, 0.29) is 29.6 Å². The van der Waals surface area contributed by atoms with Crippen LogP contribution in [0.5, 0.6) is 0 Å². The molecule has 9 nitrogen and oxygen atoms in total. The summed E-state index contributed by atoms with van der Waals surface area (Å²) < 4.78 is 0.684. The summed E-state index contributed by atoms with van der Waals surface area (Å²) >= 11 is 2.70. The van der Waals surface area contributed by atoms with Crippen LogP contribution in [0.3, 0.4) is 0 Å². The number of urea groups is 1. The van der Waals surface area contributed by atoms with Crippen LogP contribution >= 0.6 is 23.1 Å². The van der Waals surface area contributed by atoms with Crippen LogP contribution < -0.4 is 10.2 Å². The van der Waals surface area contributed by atoms with Crippen molar-refractivity contribution in [2.75, 3.05) is 42.1 Å². The van der Waals surface area contributed by atoms with Crippen molar-refractivity contribution in [1.29, 1.82) is 0 Å². The normalized spacial score (nSPS) is 16.0. The third kappa shape index (κ3) is 5.57. The van der Waals surface area contributed by atoms with Crippen molar-refractivity contribution in [3.63, 3.8) is 0 Å². The van der Waals surface area contributed by atoms with Gasteiger partial charge in [0.05, 0.1) is 5.75 Å². The number of carbonyl (C=O) groups excluding carboxylic acids is 3. The second-order valence-electron chi connectivity index (χ2n) is 7.65. The van der Waals surface area contributed by atoms with Gasteiger partial charge < -0.3 is 15.1 Å². The zero-order valence-corrected chi connectivity index (χ0v) is 19.5. The zero-order valence-electron chi connectivity index (χ0n) is 17.9. The molecule has 1 aromatic heterocycles. The van der Waals surface area contributed by atoms with E-state index in [0.717, 1.165) is 18.5 Å². The molecule has 0 atom stereocenters. The van der Waals surface area contributed by atoms with E-state index in [9.17, 15) is 14.4 Å². The van der Waals surface area contributed by atoms with Gasteiger partial charge in [-0.2, -0.15) is 0 Å². The second kappa shape index (κ2) is 10.3. The Balaban J connectivity index is 1.23. The van der Waals surface area contributed by atoms with Crippen LogP contribution in [0.15, 0.2) is 34.7 Å². The predicted octanol–water partition coefficient (Wildman–Crippen LogP) is 2.91. The van der Waals surface area contributed by atoms with Gasteiger partial charge in [-0.1, -0.05) is 48.2 Å². The van der Waals surface area contributed by atoms with Crippen molar-refractivity contribution >= 4 is 51.8 Å². The molecule has 2 heterocycles. The molecule has 4 amide bonds. The molecule has 11 heteroatoms. The molecule has 1 N–H and O–H groups in total. The lowest BCUT2D eigenvalue weighted by Crippen LogP contribution is -2.52. The highest BCUT2D eigenvalue weighted by Gasteiger charge is 2.35. The van der Waals surface area contributed by atoms with Crippen LogP contribution in [-0.2, 0) is 9.59 Å². The number of nitrogens with zero attached hydrogens (tertiary/aromatic N) is 5. The average Bonchev–Trinajstić information content (AvgIpc) is 3.55. The molecule has 1 aromatic carbocycles. The van der Waals surface area contributed by atoms with Crippen LogP contribution in [-0.4, -0.2) is 75.8 Å². The van der Waals surface area contributed by atoms with Gasteiger partial charge in [-0.05, 0) is 25.0 Å². The molecule has 0 radical (unpaired) electrons. The molecule has 2 aliphatic rings. The first-order valence-corrected chi connectivity index (χ1v) is 12.5. The molecule has 0 unspecified atom stereocenters. The summed E-state index contributed by atoms with van der Waals surface area (Å²) in [5.41, 5.74) is 0.754. The fraction of sp³-hybridized carbons (Fsp3) is 0.476. The lowest BCUT2D eigenvalue weighted by Gasteiger charge is -2.34. The van der Waals surface area contributed by atoms with Crippen LogP contribution in [0.2, 0.25) is 0 Å². The minimum Gasteiger partial charge on any atom is -0.338 e. The van der Waals surface area contributed by atoms with Crippen molar-refractivity contribution < 1.29 is 14.4 Å². The number of para-hydroxylation sites is 1. The van der Waals surface area contributed by atoms with Gasteiger partial charge in [0, 0.05) is 44.3 Å². The van der Waals surface area contributed by atoms with E-state index in [1.165, 1.54) is 23.1 Å². The van der Waals surface area contributed by atoms with E-state index >= 15 is 0 Å². The lowest BCUT2D eigenvalue weighted by molar-refractivity contribution is -0.129. The van der Waals surface area contributed by atoms with E-state index in [4.69, 9.17) is 0 Å². The summed E-state index contributed by atoms with van der Waals surface area (Å²) in [5, 5.41) is 11.8. The van der Waals surface area contributed by atoms with E-state index in [2.05, 4.69) is 15.5 Å². The molecule has 4 rings (SSSR count). The number of amides is 4. The lowest BCUT2D eigenvalue weighted by atomic mass is 10.3. The Bertz CT molecular complexity index is 957. The Morgan fingerprint density at radius 2 is 1.78 bits per heavy atom. The molecule has 1 aliphatic heterocycles. The molecule has 1 saturated carbocycles. The SMILES string of the molecule is CCC(=O)N(c1nnc(SCC(=O)N2CCN(C(=O)Nc3ccccc3)CC2)s1)C1CC1. The number of hydrogen-bond donors (Lipinski definition) is 1. The van der Waals surface area contributed by atoms with Gasteiger partial charge in [-0.3, -0.25) is 14.5 Å². The van der Waals surface area contributed by atoms with E-state index in [1.54, 1.807) is 14.7 Å². The molecular formula is C21H26N6O3S2. The Labute approximate surface area is 195 Å². The van der Waals surface area contributed by atoms with Gasteiger partial charge in [-0.15, -0.1) is 10.2 Å². The monoisotopic (exact) mass is 474 g/mol. The Hall–Kier alpha value is -2.66. The molecule has 2 fully saturated rings. The molecule has 170 valence electrons. The maximum atomic E-state index is 12.6.